The van der Waals surface area contributed by atoms with E-state index >= 15 is 0 Å². The highest BCUT2D eigenvalue weighted by molar-refractivity contribution is 7.83. The average molecular weight is 412 g/mol. The quantitative estimate of drug-likeness (QED) is 0.509. The van der Waals surface area contributed by atoms with E-state index in [1.54, 1.807) is 36.1 Å². The minimum absolute atomic E-state index is 0.148. The van der Waals surface area contributed by atoms with Gasteiger partial charge >= 0.3 is 0 Å². The third-order valence-corrected chi connectivity index (χ3v) is 5.74. The van der Waals surface area contributed by atoms with Crippen LogP contribution < -0.4 is 10.1 Å². The van der Waals surface area contributed by atoms with Gasteiger partial charge in [0.2, 0.25) is 0 Å². The lowest BCUT2D eigenvalue weighted by atomic mass is 10.2. The normalized spacial score (nSPS) is 15.0. The van der Waals surface area contributed by atoms with Gasteiger partial charge in [-0.05, 0) is 30.3 Å². The zero-order chi connectivity index (χ0) is 20.5. The van der Waals surface area contributed by atoms with Crippen molar-refractivity contribution in [2.75, 3.05) is 12.4 Å². The summed E-state index contributed by atoms with van der Waals surface area (Å²) in [6.45, 7) is 0. The number of ether oxygens (including phenoxy) is 1. The Morgan fingerprint density at radius 2 is 2.00 bits per heavy atom. The van der Waals surface area contributed by atoms with Gasteiger partial charge < -0.3 is 10.1 Å². The maximum Gasteiger partial charge on any atom is 0.270 e. The highest BCUT2D eigenvalue weighted by atomic mass is 32.2. The number of carbonyl (C=O) groups excluding carboxylic acids is 1. The zero-order valence-electron chi connectivity index (χ0n) is 15.3. The molecule has 0 saturated carbocycles. The number of hydrogen-bond donors (Lipinski definition) is 1. The van der Waals surface area contributed by atoms with Crippen LogP contribution >= 0.6 is 0 Å². The lowest BCUT2D eigenvalue weighted by Gasteiger charge is -2.11. The van der Waals surface area contributed by atoms with Crippen LogP contribution in [0.4, 0.5) is 11.5 Å². The molecule has 0 aliphatic carbocycles. The summed E-state index contributed by atoms with van der Waals surface area (Å²) >= 11 is 0. The minimum Gasteiger partial charge on any atom is -0.497 e. The van der Waals surface area contributed by atoms with Crippen LogP contribution in [0.1, 0.15) is 21.6 Å². The van der Waals surface area contributed by atoms with Gasteiger partial charge in [-0.3, -0.25) is 19.1 Å². The van der Waals surface area contributed by atoms with Gasteiger partial charge in [0, 0.05) is 34.1 Å². The predicted octanol–water partition coefficient (Wildman–Crippen LogP) is 2.80. The zero-order valence-corrected chi connectivity index (χ0v) is 16.1. The number of nitro groups is 1. The molecule has 1 atom stereocenters. The second-order valence-corrected chi connectivity index (χ2v) is 7.83. The molecule has 0 bridgehead atoms. The molecule has 1 aromatic heterocycles. The first-order valence-electron chi connectivity index (χ1n) is 8.62. The fraction of sp³-hybridized carbons (Fsp3) is 0.158. The van der Waals surface area contributed by atoms with Crippen molar-refractivity contribution in [3.63, 3.8) is 0 Å². The third kappa shape index (κ3) is 3.61. The number of non-ortho nitro benzene ring substituents is 1. The number of nitrogens with one attached hydrogen (secondary N) is 1. The molecule has 0 radical (unpaired) electrons. The smallest absolute Gasteiger partial charge is 0.270 e. The van der Waals surface area contributed by atoms with Crippen molar-refractivity contribution in [2.24, 2.45) is 0 Å². The van der Waals surface area contributed by atoms with Gasteiger partial charge in [0.05, 0.1) is 34.9 Å². The summed E-state index contributed by atoms with van der Waals surface area (Å²) in [5.41, 5.74) is 2.04. The number of benzene rings is 2. The number of fused-ring (bicyclic) bond motifs is 1. The van der Waals surface area contributed by atoms with Gasteiger partial charge in [0.1, 0.15) is 11.6 Å². The maximum atomic E-state index is 12.8. The van der Waals surface area contributed by atoms with Crippen LogP contribution in [0.25, 0.3) is 5.69 Å². The summed E-state index contributed by atoms with van der Waals surface area (Å²) in [6, 6.07) is 12.6. The van der Waals surface area contributed by atoms with Crippen molar-refractivity contribution in [1.29, 1.82) is 0 Å². The van der Waals surface area contributed by atoms with Crippen LogP contribution in [0, 0.1) is 10.1 Å². The summed E-state index contributed by atoms with van der Waals surface area (Å²) in [5, 5.41) is 18.3. The number of methoxy groups -OCH3 is 1. The number of rotatable bonds is 5. The number of hydrogen-bond acceptors (Lipinski definition) is 6. The van der Waals surface area contributed by atoms with Crippen molar-refractivity contribution in [1.82, 2.24) is 9.78 Å². The second kappa shape index (κ2) is 7.47. The highest BCUT2D eigenvalue weighted by Gasteiger charge is 2.28. The molecular formula is C19H16N4O5S. The van der Waals surface area contributed by atoms with Gasteiger partial charge in [-0.2, -0.15) is 5.10 Å². The van der Waals surface area contributed by atoms with E-state index in [1.165, 1.54) is 24.3 Å². The Morgan fingerprint density at radius 3 is 2.69 bits per heavy atom. The maximum absolute atomic E-state index is 12.8. The molecule has 0 fully saturated rings. The monoisotopic (exact) mass is 412 g/mol. The number of anilines is 1. The van der Waals surface area contributed by atoms with E-state index in [2.05, 4.69) is 10.4 Å². The Balaban J connectivity index is 1.72. The van der Waals surface area contributed by atoms with Gasteiger partial charge in [-0.25, -0.2) is 4.68 Å². The molecule has 2 heterocycles. The molecule has 1 amide bonds. The summed E-state index contributed by atoms with van der Waals surface area (Å²) in [5.74, 6) is 1.18. The van der Waals surface area contributed by atoms with E-state index in [0.29, 0.717) is 34.3 Å². The van der Waals surface area contributed by atoms with Crippen LogP contribution in [0.2, 0.25) is 0 Å². The summed E-state index contributed by atoms with van der Waals surface area (Å²) < 4.78 is 18.7. The Morgan fingerprint density at radius 1 is 1.24 bits per heavy atom. The molecule has 0 saturated heterocycles. The first kappa shape index (κ1) is 18.8. The average Bonchev–Trinajstić information content (AvgIpc) is 3.25. The molecule has 29 heavy (non-hydrogen) atoms. The molecule has 4 rings (SSSR count). The van der Waals surface area contributed by atoms with Gasteiger partial charge in [0.15, 0.2) is 0 Å². The molecule has 10 heteroatoms. The first-order chi connectivity index (χ1) is 14.0. The summed E-state index contributed by atoms with van der Waals surface area (Å²) in [4.78, 5) is 23.2. The first-order valence-corrected chi connectivity index (χ1v) is 10.1. The molecule has 1 aliphatic heterocycles. The van der Waals surface area contributed by atoms with Gasteiger partial charge in [-0.1, -0.05) is 6.07 Å². The Labute approximate surface area is 167 Å². The number of carbonyl (C=O) groups is 1. The fourth-order valence-corrected chi connectivity index (χ4v) is 4.37. The molecule has 1 unspecified atom stereocenters. The number of nitro benzene ring substituents is 1. The van der Waals surface area contributed by atoms with Crippen LogP contribution in [0.5, 0.6) is 5.75 Å². The van der Waals surface area contributed by atoms with Crippen molar-refractivity contribution < 1.29 is 18.7 Å². The van der Waals surface area contributed by atoms with E-state index in [4.69, 9.17) is 4.74 Å². The highest BCUT2D eigenvalue weighted by Crippen LogP contribution is 2.32. The molecule has 148 valence electrons. The Hall–Kier alpha value is -3.53. The van der Waals surface area contributed by atoms with E-state index < -0.39 is 21.6 Å². The van der Waals surface area contributed by atoms with Gasteiger partial charge in [-0.15, -0.1) is 0 Å². The lowest BCUT2D eigenvalue weighted by molar-refractivity contribution is -0.384. The molecule has 1 aliphatic rings. The van der Waals surface area contributed by atoms with Crippen molar-refractivity contribution in [2.45, 2.75) is 11.5 Å². The number of aromatic nitrogens is 2. The second-order valence-electron chi connectivity index (χ2n) is 6.37. The topological polar surface area (TPSA) is 116 Å². The van der Waals surface area contributed by atoms with Crippen LogP contribution in [0.3, 0.4) is 0 Å². The molecule has 0 spiro atoms. The van der Waals surface area contributed by atoms with E-state index in [1.807, 2.05) is 0 Å². The minimum atomic E-state index is -1.07. The van der Waals surface area contributed by atoms with Gasteiger partial charge in [0.25, 0.3) is 11.6 Å². The van der Waals surface area contributed by atoms with Crippen LogP contribution in [-0.2, 0) is 22.3 Å². The molecule has 2 aromatic carbocycles. The Bertz CT molecular complexity index is 1140. The van der Waals surface area contributed by atoms with E-state index in [-0.39, 0.29) is 17.0 Å². The van der Waals surface area contributed by atoms with Crippen molar-refractivity contribution in [3.05, 3.63) is 75.5 Å². The van der Waals surface area contributed by atoms with Crippen LogP contribution in [0.15, 0.2) is 48.5 Å². The fourth-order valence-electron chi connectivity index (χ4n) is 3.11. The van der Waals surface area contributed by atoms with E-state index in [9.17, 15) is 19.1 Å². The Kier molecular flexibility index (Phi) is 4.85. The predicted molar refractivity (Wildman–Crippen MR) is 107 cm³/mol. The SMILES string of the molecule is COc1ccc(-n2nc3c(c2NC(=O)c2cccc([N+](=O)[O-])c2)CS(=O)C3)cc1. The standard InChI is InChI=1S/C19H16N4O5S/c1-28-15-7-5-13(6-8-15)22-18(16-10-29(27)11-17(16)21-22)20-19(24)12-3-2-4-14(9-12)23(25)26/h2-9H,10-11H2,1H3,(H,20,24). The van der Waals surface area contributed by atoms with E-state index in [0.717, 1.165) is 0 Å². The third-order valence-electron chi connectivity index (χ3n) is 4.54. The summed E-state index contributed by atoms with van der Waals surface area (Å²) in [7, 11) is 0.493. The molecule has 1 N–H and O–H groups in total. The van der Waals surface area contributed by atoms with Crippen molar-refractivity contribution in [3.8, 4) is 11.4 Å². The number of amides is 1. The van der Waals surface area contributed by atoms with Crippen LogP contribution in [-0.4, -0.2) is 31.9 Å². The molecule has 3 aromatic rings. The largest absolute Gasteiger partial charge is 0.497 e. The molecular weight excluding hydrogens is 396 g/mol. The van der Waals surface area contributed by atoms with Crippen molar-refractivity contribution >= 4 is 28.2 Å². The summed E-state index contributed by atoms with van der Waals surface area (Å²) in [6.07, 6.45) is 0. The number of nitrogens with zero attached hydrogens (tertiary/aromatic N) is 3. The lowest BCUT2D eigenvalue weighted by Crippen LogP contribution is -2.16. The molecule has 9 nitrogen and oxygen atoms in total.